The van der Waals surface area contributed by atoms with E-state index in [1.807, 2.05) is 0 Å². The summed E-state index contributed by atoms with van der Waals surface area (Å²) in [5.41, 5.74) is 10.9. The summed E-state index contributed by atoms with van der Waals surface area (Å²) < 4.78 is 5.19. The van der Waals surface area contributed by atoms with Crippen LogP contribution in [-0.2, 0) is 9.53 Å². The van der Waals surface area contributed by atoms with Crippen LogP contribution in [0.5, 0.6) is 0 Å². The normalized spacial score (nSPS) is 21.5. The quantitative estimate of drug-likeness (QED) is 0.650. The van der Waals surface area contributed by atoms with Gasteiger partial charge < -0.3 is 16.2 Å². The van der Waals surface area contributed by atoms with Gasteiger partial charge in [-0.1, -0.05) is 25.7 Å². The number of carbonyl (C=O) groups excluding carboxylic acids is 1. The van der Waals surface area contributed by atoms with Gasteiger partial charge in [0.2, 0.25) is 5.91 Å². The topological polar surface area (TPSA) is 78.3 Å². The molecule has 1 aliphatic carbocycles. The fourth-order valence-electron chi connectivity index (χ4n) is 1.93. The highest BCUT2D eigenvalue weighted by Crippen LogP contribution is 2.24. The number of carbonyl (C=O) groups is 1. The molecule has 0 aliphatic heterocycles. The summed E-state index contributed by atoms with van der Waals surface area (Å²) >= 11 is 0. The smallest absolute Gasteiger partial charge is 0.243 e. The third-order valence-corrected chi connectivity index (χ3v) is 2.73. The van der Waals surface area contributed by atoms with Crippen LogP contribution in [0.3, 0.4) is 0 Å². The van der Waals surface area contributed by atoms with Crippen molar-refractivity contribution in [3.05, 3.63) is 0 Å². The Balaban J connectivity index is 2.27. The Bertz CT molecular complexity index is 187. The predicted octanol–water partition coefficient (Wildman–Crippen LogP) is 0.540. The summed E-state index contributed by atoms with van der Waals surface area (Å²) in [4.78, 5) is 10.5. The molecule has 0 unspecified atom stereocenters. The van der Waals surface area contributed by atoms with E-state index in [2.05, 4.69) is 0 Å². The van der Waals surface area contributed by atoms with Crippen molar-refractivity contribution in [1.29, 1.82) is 0 Å². The van der Waals surface area contributed by atoms with E-state index in [0.717, 1.165) is 25.7 Å². The van der Waals surface area contributed by atoms with Gasteiger partial charge in [-0.2, -0.15) is 0 Å². The third kappa shape index (κ3) is 4.07. The number of amides is 1. The highest BCUT2D eigenvalue weighted by Gasteiger charge is 2.26. The molecular formula is C10H20N2O2. The number of primary amides is 1. The van der Waals surface area contributed by atoms with E-state index < -0.39 is 5.91 Å². The first-order valence-corrected chi connectivity index (χ1v) is 5.27. The maximum atomic E-state index is 10.5. The summed E-state index contributed by atoms with van der Waals surface area (Å²) in [5, 5.41) is 0. The maximum absolute atomic E-state index is 10.5. The number of ether oxygens (including phenoxy) is 1. The molecule has 0 heterocycles. The second kappa shape index (κ2) is 5.32. The van der Waals surface area contributed by atoms with Gasteiger partial charge in [0.05, 0.1) is 6.61 Å². The molecule has 4 N–H and O–H groups in total. The second-order valence-corrected chi connectivity index (χ2v) is 4.24. The van der Waals surface area contributed by atoms with E-state index in [1.165, 1.54) is 12.8 Å². The monoisotopic (exact) mass is 200 g/mol. The van der Waals surface area contributed by atoms with Gasteiger partial charge in [0, 0.05) is 5.54 Å². The zero-order valence-corrected chi connectivity index (χ0v) is 8.63. The number of rotatable bonds is 4. The first-order valence-electron chi connectivity index (χ1n) is 5.27. The molecule has 0 bridgehead atoms. The molecular weight excluding hydrogens is 180 g/mol. The van der Waals surface area contributed by atoms with Crippen molar-refractivity contribution in [3.8, 4) is 0 Å². The van der Waals surface area contributed by atoms with Gasteiger partial charge in [0.1, 0.15) is 6.61 Å². The lowest BCUT2D eigenvalue weighted by atomic mass is 9.93. The van der Waals surface area contributed by atoms with Crippen LogP contribution in [-0.4, -0.2) is 24.7 Å². The minimum atomic E-state index is -0.428. The van der Waals surface area contributed by atoms with Gasteiger partial charge in [0.15, 0.2) is 0 Å². The molecule has 0 saturated heterocycles. The van der Waals surface area contributed by atoms with E-state index in [4.69, 9.17) is 16.2 Å². The van der Waals surface area contributed by atoms with Crippen LogP contribution in [0.15, 0.2) is 0 Å². The SMILES string of the molecule is NC(=O)COCC1(N)CCCCCC1. The first kappa shape index (κ1) is 11.5. The van der Waals surface area contributed by atoms with Crippen LogP contribution in [0.4, 0.5) is 0 Å². The van der Waals surface area contributed by atoms with Gasteiger partial charge in [0.25, 0.3) is 0 Å². The second-order valence-electron chi connectivity index (χ2n) is 4.24. The molecule has 4 nitrogen and oxygen atoms in total. The van der Waals surface area contributed by atoms with Crippen LogP contribution in [0.25, 0.3) is 0 Å². The number of hydrogen-bond donors (Lipinski definition) is 2. The predicted molar refractivity (Wildman–Crippen MR) is 54.6 cm³/mol. The molecule has 1 amide bonds. The lowest BCUT2D eigenvalue weighted by Crippen LogP contribution is -2.44. The molecule has 0 aromatic heterocycles. The number of hydrogen-bond acceptors (Lipinski definition) is 3. The Kier molecular flexibility index (Phi) is 4.35. The summed E-state index contributed by atoms with van der Waals surface area (Å²) in [6.45, 7) is 0.439. The Hall–Kier alpha value is -0.610. The molecule has 4 heteroatoms. The highest BCUT2D eigenvalue weighted by atomic mass is 16.5. The Morgan fingerprint density at radius 2 is 1.79 bits per heavy atom. The van der Waals surface area contributed by atoms with Gasteiger partial charge in [-0.25, -0.2) is 0 Å². The van der Waals surface area contributed by atoms with E-state index in [1.54, 1.807) is 0 Å². The van der Waals surface area contributed by atoms with Crippen molar-refractivity contribution in [2.24, 2.45) is 11.5 Å². The van der Waals surface area contributed by atoms with Gasteiger partial charge >= 0.3 is 0 Å². The summed E-state index contributed by atoms with van der Waals surface area (Å²) in [6.07, 6.45) is 6.83. The summed E-state index contributed by atoms with van der Waals surface area (Å²) in [7, 11) is 0. The maximum Gasteiger partial charge on any atom is 0.243 e. The standard InChI is InChI=1S/C10H20N2O2/c11-9(13)7-14-8-10(12)5-3-1-2-4-6-10/h1-8,12H2,(H2,11,13). The third-order valence-electron chi connectivity index (χ3n) is 2.73. The molecule has 0 atom stereocenters. The van der Waals surface area contributed by atoms with Crippen molar-refractivity contribution in [1.82, 2.24) is 0 Å². The molecule has 1 saturated carbocycles. The minimum absolute atomic E-state index is 0.0149. The van der Waals surface area contributed by atoms with Crippen LogP contribution >= 0.6 is 0 Å². The highest BCUT2D eigenvalue weighted by molar-refractivity contribution is 5.74. The van der Waals surface area contributed by atoms with Crippen LogP contribution in [0.1, 0.15) is 38.5 Å². The first-order chi connectivity index (χ1) is 6.62. The molecule has 0 radical (unpaired) electrons. The van der Waals surface area contributed by atoms with Crippen LogP contribution in [0.2, 0.25) is 0 Å². The summed E-state index contributed by atoms with van der Waals surface area (Å²) in [6, 6.07) is 0. The minimum Gasteiger partial charge on any atom is -0.370 e. The Morgan fingerprint density at radius 3 is 2.29 bits per heavy atom. The van der Waals surface area contributed by atoms with Gasteiger partial charge in [-0.05, 0) is 12.8 Å². The van der Waals surface area contributed by atoms with Crippen molar-refractivity contribution in [3.63, 3.8) is 0 Å². The van der Waals surface area contributed by atoms with E-state index in [9.17, 15) is 4.79 Å². The Labute approximate surface area is 85.0 Å². The molecule has 1 fully saturated rings. The Morgan fingerprint density at radius 1 is 1.21 bits per heavy atom. The van der Waals surface area contributed by atoms with Crippen molar-refractivity contribution in [2.45, 2.75) is 44.1 Å². The van der Waals surface area contributed by atoms with Crippen molar-refractivity contribution in [2.75, 3.05) is 13.2 Å². The van der Waals surface area contributed by atoms with Crippen LogP contribution < -0.4 is 11.5 Å². The lowest BCUT2D eigenvalue weighted by Gasteiger charge is -2.27. The largest absolute Gasteiger partial charge is 0.370 e. The average molecular weight is 200 g/mol. The fraction of sp³-hybridized carbons (Fsp3) is 0.900. The fourth-order valence-corrected chi connectivity index (χ4v) is 1.93. The zero-order valence-electron chi connectivity index (χ0n) is 8.63. The molecule has 14 heavy (non-hydrogen) atoms. The molecule has 1 rings (SSSR count). The van der Waals surface area contributed by atoms with E-state index in [0.29, 0.717) is 6.61 Å². The summed E-state index contributed by atoms with van der Waals surface area (Å²) in [5.74, 6) is -0.428. The van der Waals surface area contributed by atoms with Gasteiger partial charge in [-0.3, -0.25) is 4.79 Å². The zero-order chi connectivity index (χ0) is 10.4. The van der Waals surface area contributed by atoms with Crippen molar-refractivity contribution >= 4 is 5.91 Å². The van der Waals surface area contributed by atoms with Gasteiger partial charge in [-0.15, -0.1) is 0 Å². The van der Waals surface area contributed by atoms with Crippen molar-refractivity contribution < 1.29 is 9.53 Å². The molecule has 0 aromatic carbocycles. The average Bonchev–Trinajstić information content (AvgIpc) is 2.30. The molecule has 0 spiro atoms. The number of nitrogens with two attached hydrogens (primary N) is 2. The molecule has 82 valence electrons. The lowest BCUT2D eigenvalue weighted by molar-refractivity contribution is -0.123. The van der Waals surface area contributed by atoms with E-state index >= 15 is 0 Å². The molecule has 0 aromatic rings. The van der Waals surface area contributed by atoms with Crippen LogP contribution in [0, 0.1) is 0 Å². The molecule has 1 aliphatic rings. The van der Waals surface area contributed by atoms with E-state index in [-0.39, 0.29) is 12.1 Å².